The summed E-state index contributed by atoms with van der Waals surface area (Å²) in [7, 11) is 0. The van der Waals surface area contributed by atoms with Gasteiger partial charge in [0.05, 0.1) is 0 Å². The van der Waals surface area contributed by atoms with Crippen LogP contribution in [0.3, 0.4) is 0 Å². The summed E-state index contributed by atoms with van der Waals surface area (Å²) in [6.07, 6.45) is 2.07. The smallest absolute Gasteiger partial charge is 0.160 e. The largest absolute Gasteiger partial charge is 0.286 e. The van der Waals surface area contributed by atoms with Crippen molar-refractivity contribution in [3.63, 3.8) is 0 Å². The van der Waals surface area contributed by atoms with Gasteiger partial charge in [-0.25, -0.2) is 0 Å². The minimum absolute atomic E-state index is 0.414. The summed E-state index contributed by atoms with van der Waals surface area (Å²) in [4.78, 5) is 0. The zero-order valence-corrected chi connectivity index (χ0v) is 8.15. The molecule has 0 aliphatic rings. The molecule has 0 bridgehead atoms. The third kappa shape index (κ3) is 1.30. The van der Waals surface area contributed by atoms with Crippen LogP contribution in [0.4, 0.5) is 0 Å². The van der Waals surface area contributed by atoms with E-state index in [0.29, 0.717) is 5.92 Å². The number of hydrogen-bond donors (Lipinski definition) is 0. The van der Waals surface area contributed by atoms with Gasteiger partial charge in [-0.3, -0.25) is 4.40 Å². The average Bonchev–Trinajstić information content (AvgIpc) is 2.46. The Morgan fingerprint density at radius 3 is 2.69 bits per heavy atom. The third-order valence-corrected chi connectivity index (χ3v) is 2.09. The normalized spacial score (nSPS) is 11.4. The number of rotatable bonds is 1. The van der Waals surface area contributed by atoms with Gasteiger partial charge in [0.15, 0.2) is 5.65 Å². The van der Waals surface area contributed by atoms with Gasteiger partial charge in [-0.15, -0.1) is 10.2 Å². The van der Waals surface area contributed by atoms with E-state index in [9.17, 15) is 0 Å². The van der Waals surface area contributed by atoms with Gasteiger partial charge < -0.3 is 0 Å². The number of nitrogens with zero attached hydrogens (tertiary/aromatic N) is 3. The fourth-order valence-electron chi connectivity index (χ4n) is 1.41. The van der Waals surface area contributed by atoms with Crippen molar-refractivity contribution < 1.29 is 0 Å². The molecule has 0 fully saturated rings. The molecule has 0 atom stereocenters. The molecule has 0 aliphatic heterocycles. The Hall–Kier alpha value is -1.38. The van der Waals surface area contributed by atoms with Crippen LogP contribution < -0.4 is 0 Å². The first-order valence-corrected chi connectivity index (χ1v) is 4.50. The van der Waals surface area contributed by atoms with Gasteiger partial charge in [0.25, 0.3) is 0 Å². The van der Waals surface area contributed by atoms with Gasteiger partial charge in [-0.1, -0.05) is 19.9 Å². The summed E-state index contributed by atoms with van der Waals surface area (Å²) in [6.45, 7) is 6.32. The van der Waals surface area contributed by atoms with Crippen LogP contribution in [0, 0.1) is 6.92 Å². The maximum absolute atomic E-state index is 4.15. The Bertz CT molecular complexity index is 429. The maximum atomic E-state index is 4.15. The molecule has 0 unspecified atom stereocenters. The summed E-state index contributed by atoms with van der Waals surface area (Å²) in [5, 5.41) is 8.24. The van der Waals surface area contributed by atoms with E-state index in [0.717, 1.165) is 11.5 Å². The van der Waals surface area contributed by atoms with Gasteiger partial charge in [-0.05, 0) is 18.6 Å². The monoisotopic (exact) mass is 175 g/mol. The van der Waals surface area contributed by atoms with E-state index in [1.807, 2.05) is 12.1 Å². The molecule has 2 heterocycles. The van der Waals surface area contributed by atoms with Crippen LogP contribution >= 0.6 is 0 Å². The summed E-state index contributed by atoms with van der Waals surface area (Å²) in [5.74, 6) is 1.44. The van der Waals surface area contributed by atoms with Crippen LogP contribution in [0.5, 0.6) is 0 Å². The van der Waals surface area contributed by atoms with Crippen molar-refractivity contribution in [3.05, 3.63) is 29.7 Å². The molecule has 3 nitrogen and oxygen atoms in total. The van der Waals surface area contributed by atoms with Gasteiger partial charge in [0.1, 0.15) is 5.82 Å². The average molecular weight is 175 g/mol. The number of pyridine rings is 1. The molecular formula is C10H13N3. The SMILES string of the molecule is Cc1ccc2nnc(C(C)C)n2c1. The molecule has 2 rings (SSSR count). The van der Waals surface area contributed by atoms with Gasteiger partial charge in [0, 0.05) is 12.1 Å². The number of aromatic nitrogens is 3. The van der Waals surface area contributed by atoms with E-state index in [-0.39, 0.29) is 0 Å². The van der Waals surface area contributed by atoms with E-state index in [1.165, 1.54) is 5.56 Å². The molecule has 2 aromatic rings. The Balaban J connectivity index is 2.71. The molecule has 13 heavy (non-hydrogen) atoms. The minimum Gasteiger partial charge on any atom is -0.286 e. The zero-order chi connectivity index (χ0) is 9.42. The predicted molar refractivity (Wildman–Crippen MR) is 51.8 cm³/mol. The Kier molecular flexibility index (Phi) is 1.79. The minimum atomic E-state index is 0.414. The van der Waals surface area contributed by atoms with Crippen molar-refractivity contribution in [1.82, 2.24) is 14.6 Å². The highest BCUT2D eigenvalue weighted by Gasteiger charge is 2.07. The first kappa shape index (κ1) is 8.23. The van der Waals surface area contributed by atoms with Crippen molar-refractivity contribution in [1.29, 1.82) is 0 Å². The lowest BCUT2D eigenvalue weighted by atomic mass is 10.2. The van der Waals surface area contributed by atoms with E-state index >= 15 is 0 Å². The van der Waals surface area contributed by atoms with Crippen LogP contribution in [-0.4, -0.2) is 14.6 Å². The molecule has 0 spiro atoms. The van der Waals surface area contributed by atoms with E-state index in [4.69, 9.17) is 0 Å². The summed E-state index contributed by atoms with van der Waals surface area (Å²) in [6, 6.07) is 4.04. The van der Waals surface area contributed by atoms with Crippen LogP contribution in [-0.2, 0) is 0 Å². The van der Waals surface area contributed by atoms with Crippen LogP contribution in [0.2, 0.25) is 0 Å². The Morgan fingerprint density at radius 1 is 1.23 bits per heavy atom. The molecule has 68 valence electrons. The maximum Gasteiger partial charge on any atom is 0.160 e. The molecule has 0 saturated carbocycles. The molecule has 3 heteroatoms. The fraction of sp³-hybridized carbons (Fsp3) is 0.400. The lowest BCUT2D eigenvalue weighted by molar-refractivity contribution is 0.758. The summed E-state index contributed by atoms with van der Waals surface area (Å²) in [5.41, 5.74) is 2.16. The summed E-state index contributed by atoms with van der Waals surface area (Å²) < 4.78 is 2.06. The van der Waals surface area contributed by atoms with Gasteiger partial charge in [0.2, 0.25) is 0 Å². The number of fused-ring (bicyclic) bond motifs is 1. The first-order chi connectivity index (χ1) is 6.18. The molecule has 0 radical (unpaired) electrons. The molecule has 0 saturated heterocycles. The fourth-order valence-corrected chi connectivity index (χ4v) is 1.41. The van der Waals surface area contributed by atoms with Crippen molar-refractivity contribution >= 4 is 5.65 Å². The van der Waals surface area contributed by atoms with Crippen molar-refractivity contribution in [3.8, 4) is 0 Å². The van der Waals surface area contributed by atoms with Gasteiger partial charge in [-0.2, -0.15) is 0 Å². The first-order valence-electron chi connectivity index (χ1n) is 4.50. The summed E-state index contributed by atoms with van der Waals surface area (Å²) >= 11 is 0. The van der Waals surface area contributed by atoms with Crippen LogP contribution in [0.25, 0.3) is 5.65 Å². The molecule has 0 N–H and O–H groups in total. The van der Waals surface area contributed by atoms with Crippen LogP contribution in [0.15, 0.2) is 18.3 Å². The van der Waals surface area contributed by atoms with Crippen molar-refractivity contribution in [2.45, 2.75) is 26.7 Å². The molecule has 0 aromatic carbocycles. The second-order valence-electron chi connectivity index (χ2n) is 3.65. The Labute approximate surface area is 77.4 Å². The van der Waals surface area contributed by atoms with Gasteiger partial charge >= 0.3 is 0 Å². The second-order valence-corrected chi connectivity index (χ2v) is 3.65. The lowest BCUT2D eigenvalue weighted by Crippen LogP contribution is -1.96. The topological polar surface area (TPSA) is 30.2 Å². The zero-order valence-electron chi connectivity index (χ0n) is 8.15. The quantitative estimate of drug-likeness (QED) is 0.664. The highest BCUT2D eigenvalue weighted by Crippen LogP contribution is 2.13. The Morgan fingerprint density at radius 2 is 2.00 bits per heavy atom. The van der Waals surface area contributed by atoms with E-state index < -0.39 is 0 Å². The molecule has 0 aliphatic carbocycles. The van der Waals surface area contributed by atoms with Crippen molar-refractivity contribution in [2.24, 2.45) is 0 Å². The van der Waals surface area contributed by atoms with E-state index in [1.54, 1.807) is 0 Å². The highest BCUT2D eigenvalue weighted by molar-refractivity contribution is 5.39. The van der Waals surface area contributed by atoms with Crippen molar-refractivity contribution in [2.75, 3.05) is 0 Å². The number of hydrogen-bond acceptors (Lipinski definition) is 2. The second kappa shape index (κ2) is 2.83. The molecular weight excluding hydrogens is 162 g/mol. The standard InChI is InChI=1S/C10H13N3/c1-7(2)10-12-11-9-5-4-8(3)6-13(9)10/h4-7H,1-3H3. The van der Waals surface area contributed by atoms with Crippen LogP contribution in [0.1, 0.15) is 31.2 Å². The third-order valence-electron chi connectivity index (χ3n) is 2.09. The van der Waals surface area contributed by atoms with E-state index in [2.05, 4.69) is 41.6 Å². The predicted octanol–water partition coefficient (Wildman–Crippen LogP) is 2.16. The highest BCUT2D eigenvalue weighted by atomic mass is 15.2. The molecule has 0 amide bonds. The number of aryl methyl sites for hydroxylation is 1. The molecule has 2 aromatic heterocycles. The lowest BCUT2D eigenvalue weighted by Gasteiger charge is -2.02.